The number of aromatic nitrogens is 2. The van der Waals surface area contributed by atoms with E-state index in [1.54, 1.807) is 0 Å². The summed E-state index contributed by atoms with van der Waals surface area (Å²) < 4.78 is 7.82. The number of nitrogens with one attached hydrogen (secondary N) is 1. The van der Waals surface area contributed by atoms with E-state index in [4.69, 9.17) is 4.74 Å². The van der Waals surface area contributed by atoms with Crippen LogP contribution in [0.4, 0.5) is 11.4 Å². The number of rotatable bonds is 4. The third-order valence-corrected chi connectivity index (χ3v) is 4.78. The first-order valence-electron chi connectivity index (χ1n) is 8.68. The lowest BCUT2D eigenvalue weighted by Crippen LogP contribution is -2.45. The Labute approximate surface area is 144 Å². The van der Waals surface area contributed by atoms with E-state index in [0.29, 0.717) is 0 Å². The minimum absolute atomic E-state index is 0.254. The Balaban J connectivity index is 1.79. The maximum Gasteiger partial charge on any atom is 0.0726 e. The molecule has 2 unspecified atom stereocenters. The van der Waals surface area contributed by atoms with Gasteiger partial charge in [0.05, 0.1) is 29.3 Å². The minimum Gasteiger partial charge on any atom is -0.379 e. The van der Waals surface area contributed by atoms with E-state index in [1.807, 2.05) is 11.7 Å². The molecule has 1 saturated heterocycles. The number of nitrogens with zero attached hydrogens (tertiary/aromatic N) is 3. The molecule has 0 aliphatic carbocycles. The van der Waals surface area contributed by atoms with E-state index in [1.165, 1.54) is 22.6 Å². The Morgan fingerprint density at radius 1 is 1.17 bits per heavy atom. The molecule has 1 aromatic heterocycles. The second-order valence-electron chi connectivity index (χ2n) is 6.81. The van der Waals surface area contributed by atoms with Gasteiger partial charge in [0.2, 0.25) is 0 Å². The van der Waals surface area contributed by atoms with Crippen molar-refractivity contribution in [3.8, 4) is 0 Å². The average molecular weight is 328 g/mol. The first kappa shape index (κ1) is 16.8. The molecule has 5 nitrogen and oxygen atoms in total. The Bertz CT molecular complexity index is 699. The van der Waals surface area contributed by atoms with Crippen LogP contribution in [0.2, 0.25) is 0 Å². The standard InChI is InChI=1S/C19H28N4O/c1-13-11-23(12-14(2)24-13)19-9-7-6-8-18(19)20-10-17-15(3)21-22(5)16(17)4/h6-9,13-14,20H,10-12H2,1-5H3. The molecule has 1 aromatic carbocycles. The smallest absolute Gasteiger partial charge is 0.0726 e. The molecule has 1 fully saturated rings. The first-order chi connectivity index (χ1) is 11.5. The number of morpholine rings is 1. The van der Waals surface area contributed by atoms with Crippen LogP contribution in [0.3, 0.4) is 0 Å². The van der Waals surface area contributed by atoms with Crippen molar-refractivity contribution in [2.24, 2.45) is 7.05 Å². The molecule has 1 N–H and O–H groups in total. The number of para-hydroxylation sites is 2. The van der Waals surface area contributed by atoms with Crippen LogP contribution in [0.25, 0.3) is 0 Å². The predicted octanol–water partition coefficient (Wildman–Crippen LogP) is 3.26. The van der Waals surface area contributed by atoms with Crippen LogP contribution in [-0.4, -0.2) is 35.1 Å². The summed E-state index contributed by atoms with van der Waals surface area (Å²) in [6.07, 6.45) is 0.509. The highest BCUT2D eigenvalue weighted by molar-refractivity contribution is 5.70. The molecule has 2 heterocycles. The third-order valence-electron chi connectivity index (χ3n) is 4.78. The van der Waals surface area contributed by atoms with Crippen LogP contribution < -0.4 is 10.2 Å². The lowest BCUT2D eigenvalue weighted by atomic mass is 10.1. The number of anilines is 2. The fraction of sp³-hybridized carbons (Fsp3) is 0.526. The average Bonchev–Trinajstić information content (AvgIpc) is 2.77. The number of aryl methyl sites for hydroxylation is 2. The Kier molecular flexibility index (Phi) is 4.81. The van der Waals surface area contributed by atoms with Gasteiger partial charge in [-0.3, -0.25) is 4.68 Å². The second-order valence-corrected chi connectivity index (χ2v) is 6.81. The van der Waals surface area contributed by atoms with Crippen molar-refractivity contribution in [3.05, 3.63) is 41.2 Å². The van der Waals surface area contributed by atoms with Crippen molar-refractivity contribution in [2.75, 3.05) is 23.3 Å². The lowest BCUT2D eigenvalue weighted by molar-refractivity contribution is -0.00517. The molecule has 2 aromatic rings. The maximum absolute atomic E-state index is 5.87. The Morgan fingerprint density at radius 2 is 1.83 bits per heavy atom. The summed E-state index contributed by atoms with van der Waals surface area (Å²) in [6, 6.07) is 8.53. The van der Waals surface area contributed by atoms with Gasteiger partial charge in [-0.25, -0.2) is 0 Å². The van der Waals surface area contributed by atoms with Gasteiger partial charge in [-0.1, -0.05) is 12.1 Å². The highest BCUT2D eigenvalue weighted by Crippen LogP contribution is 2.29. The van der Waals surface area contributed by atoms with Crippen LogP contribution >= 0.6 is 0 Å². The molecule has 0 bridgehead atoms. The topological polar surface area (TPSA) is 42.3 Å². The van der Waals surface area contributed by atoms with Crippen LogP contribution in [0.1, 0.15) is 30.8 Å². The summed E-state index contributed by atoms with van der Waals surface area (Å²) in [5.74, 6) is 0. The van der Waals surface area contributed by atoms with Crippen molar-refractivity contribution in [1.29, 1.82) is 0 Å². The first-order valence-corrected chi connectivity index (χ1v) is 8.68. The molecule has 0 radical (unpaired) electrons. The Morgan fingerprint density at radius 3 is 2.46 bits per heavy atom. The van der Waals surface area contributed by atoms with Gasteiger partial charge >= 0.3 is 0 Å². The van der Waals surface area contributed by atoms with Crippen molar-refractivity contribution in [1.82, 2.24) is 9.78 Å². The maximum atomic E-state index is 5.87. The summed E-state index contributed by atoms with van der Waals surface area (Å²) in [7, 11) is 2.00. The highest BCUT2D eigenvalue weighted by atomic mass is 16.5. The number of hydrogen-bond acceptors (Lipinski definition) is 4. The SMILES string of the molecule is Cc1nn(C)c(C)c1CNc1ccccc1N1CC(C)OC(C)C1. The normalized spacial score (nSPS) is 21.1. The zero-order valence-electron chi connectivity index (χ0n) is 15.3. The van der Waals surface area contributed by atoms with E-state index < -0.39 is 0 Å². The van der Waals surface area contributed by atoms with E-state index in [0.717, 1.165) is 25.3 Å². The molecule has 130 valence electrons. The summed E-state index contributed by atoms with van der Waals surface area (Å²) in [5, 5.41) is 8.12. The van der Waals surface area contributed by atoms with Gasteiger partial charge in [0.15, 0.2) is 0 Å². The van der Waals surface area contributed by atoms with E-state index >= 15 is 0 Å². The fourth-order valence-corrected chi connectivity index (χ4v) is 3.53. The van der Waals surface area contributed by atoms with Gasteiger partial charge in [0.25, 0.3) is 0 Å². The largest absolute Gasteiger partial charge is 0.379 e. The molecule has 0 spiro atoms. The molecule has 2 atom stereocenters. The molecule has 24 heavy (non-hydrogen) atoms. The zero-order chi connectivity index (χ0) is 17.3. The third kappa shape index (κ3) is 3.41. The van der Waals surface area contributed by atoms with E-state index in [2.05, 4.69) is 67.3 Å². The number of hydrogen-bond donors (Lipinski definition) is 1. The Hall–Kier alpha value is -2.01. The van der Waals surface area contributed by atoms with Crippen LogP contribution in [-0.2, 0) is 18.3 Å². The van der Waals surface area contributed by atoms with Gasteiger partial charge in [0, 0.05) is 37.9 Å². The summed E-state index contributed by atoms with van der Waals surface area (Å²) in [6.45, 7) is 11.1. The monoisotopic (exact) mass is 328 g/mol. The van der Waals surface area contributed by atoms with Crippen molar-refractivity contribution in [3.63, 3.8) is 0 Å². The summed E-state index contributed by atoms with van der Waals surface area (Å²) in [4.78, 5) is 2.42. The molecule has 0 saturated carbocycles. The van der Waals surface area contributed by atoms with E-state index in [9.17, 15) is 0 Å². The zero-order valence-corrected chi connectivity index (χ0v) is 15.3. The van der Waals surface area contributed by atoms with Gasteiger partial charge in [-0.15, -0.1) is 0 Å². The molecule has 3 rings (SSSR count). The highest BCUT2D eigenvalue weighted by Gasteiger charge is 2.23. The van der Waals surface area contributed by atoms with Crippen molar-refractivity contribution in [2.45, 2.75) is 46.4 Å². The summed E-state index contributed by atoms with van der Waals surface area (Å²) in [5.41, 5.74) is 6.00. The molecule has 1 aliphatic rings. The van der Waals surface area contributed by atoms with Crippen molar-refractivity contribution < 1.29 is 4.74 Å². The van der Waals surface area contributed by atoms with Gasteiger partial charge in [0.1, 0.15) is 0 Å². The second kappa shape index (κ2) is 6.85. The molecule has 5 heteroatoms. The fourth-order valence-electron chi connectivity index (χ4n) is 3.53. The van der Waals surface area contributed by atoms with Gasteiger partial charge in [-0.05, 0) is 39.8 Å². The molecular formula is C19H28N4O. The molecular weight excluding hydrogens is 300 g/mol. The van der Waals surface area contributed by atoms with Crippen molar-refractivity contribution >= 4 is 11.4 Å². The number of benzene rings is 1. The number of ether oxygens (including phenoxy) is 1. The van der Waals surface area contributed by atoms with Crippen LogP contribution in [0, 0.1) is 13.8 Å². The minimum atomic E-state index is 0.254. The lowest BCUT2D eigenvalue weighted by Gasteiger charge is -2.37. The molecule has 0 amide bonds. The van der Waals surface area contributed by atoms with Gasteiger partial charge in [-0.2, -0.15) is 5.10 Å². The predicted molar refractivity (Wildman–Crippen MR) is 98.7 cm³/mol. The van der Waals surface area contributed by atoms with Gasteiger partial charge < -0.3 is 15.0 Å². The quantitative estimate of drug-likeness (QED) is 0.935. The van der Waals surface area contributed by atoms with Crippen LogP contribution in [0.5, 0.6) is 0 Å². The molecule has 1 aliphatic heterocycles. The summed E-state index contributed by atoms with van der Waals surface area (Å²) >= 11 is 0. The van der Waals surface area contributed by atoms with Crippen LogP contribution in [0.15, 0.2) is 24.3 Å². The van der Waals surface area contributed by atoms with E-state index in [-0.39, 0.29) is 12.2 Å².